The Bertz CT molecular complexity index is 514. The lowest BCUT2D eigenvalue weighted by Crippen LogP contribution is -2.44. The van der Waals surface area contributed by atoms with Gasteiger partial charge in [0.25, 0.3) is 0 Å². The molecule has 0 spiro atoms. The molecule has 2 rings (SSSR count). The standard InChI is InChI=1S/C15H19ClN2O3/c1-10(11-2-3-11)8-17-15(21)18(9-14(19)20)13-6-4-12(16)5-7-13/h4-7,10-11H,2-3,8-9H2,1H3,(H,17,21)(H,19,20). The van der Waals surface area contributed by atoms with Crippen molar-refractivity contribution in [3.8, 4) is 0 Å². The number of hydrogen-bond acceptors (Lipinski definition) is 2. The number of carbonyl (C=O) groups is 2. The van der Waals surface area contributed by atoms with Gasteiger partial charge in [0, 0.05) is 17.3 Å². The number of rotatable bonds is 6. The predicted octanol–water partition coefficient (Wildman–Crippen LogP) is 2.99. The quantitative estimate of drug-likeness (QED) is 0.848. The number of carboxylic acids is 1. The summed E-state index contributed by atoms with van der Waals surface area (Å²) in [6.45, 7) is 2.28. The lowest BCUT2D eigenvalue weighted by molar-refractivity contribution is -0.135. The summed E-state index contributed by atoms with van der Waals surface area (Å²) in [7, 11) is 0. The number of hydrogen-bond donors (Lipinski definition) is 2. The highest BCUT2D eigenvalue weighted by Crippen LogP contribution is 2.36. The van der Waals surface area contributed by atoms with Crippen molar-refractivity contribution in [2.75, 3.05) is 18.0 Å². The molecule has 1 fully saturated rings. The van der Waals surface area contributed by atoms with Gasteiger partial charge in [-0.25, -0.2) is 4.79 Å². The third-order valence-electron chi connectivity index (χ3n) is 3.68. The molecule has 1 aromatic rings. The van der Waals surface area contributed by atoms with Crippen LogP contribution in [0.3, 0.4) is 0 Å². The van der Waals surface area contributed by atoms with Gasteiger partial charge in [0.05, 0.1) is 0 Å². The van der Waals surface area contributed by atoms with Gasteiger partial charge in [0.1, 0.15) is 6.54 Å². The van der Waals surface area contributed by atoms with Crippen molar-refractivity contribution >= 4 is 29.3 Å². The summed E-state index contributed by atoms with van der Waals surface area (Å²) in [5.41, 5.74) is 0.512. The maximum atomic E-state index is 12.2. The third-order valence-corrected chi connectivity index (χ3v) is 3.93. The molecule has 21 heavy (non-hydrogen) atoms. The summed E-state index contributed by atoms with van der Waals surface area (Å²) in [5.74, 6) is 0.0509. The molecule has 114 valence electrons. The largest absolute Gasteiger partial charge is 0.480 e. The average molecular weight is 311 g/mol. The van der Waals surface area contributed by atoms with Crippen molar-refractivity contribution in [1.29, 1.82) is 0 Å². The maximum absolute atomic E-state index is 12.2. The van der Waals surface area contributed by atoms with Gasteiger partial charge in [-0.15, -0.1) is 0 Å². The first-order valence-electron chi connectivity index (χ1n) is 7.00. The Balaban J connectivity index is 2.01. The first-order valence-corrected chi connectivity index (χ1v) is 7.38. The summed E-state index contributed by atoms with van der Waals surface area (Å²) in [4.78, 5) is 24.4. The molecule has 5 nitrogen and oxygen atoms in total. The lowest BCUT2D eigenvalue weighted by Gasteiger charge is -2.22. The number of benzene rings is 1. The number of nitrogens with one attached hydrogen (secondary N) is 1. The number of carbonyl (C=O) groups excluding carboxylic acids is 1. The molecular weight excluding hydrogens is 292 g/mol. The highest BCUT2D eigenvalue weighted by atomic mass is 35.5. The summed E-state index contributed by atoms with van der Waals surface area (Å²) in [6, 6.07) is 6.13. The molecule has 1 aromatic carbocycles. The van der Waals surface area contributed by atoms with E-state index in [0.717, 1.165) is 0 Å². The molecule has 2 amide bonds. The molecule has 0 bridgehead atoms. The number of halogens is 1. The van der Waals surface area contributed by atoms with E-state index in [1.54, 1.807) is 24.3 Å². The Morgan fingerprint density at radius 2 is 2.00 bits per heavy atom. The van der Waals surface area contributed by atoms with E-state index < -0.39 is 12.0 Å². The van der Waals surface area contributed by atoms with Crippen LogP contribution in [0.4, 0.5) is 10.5 Å². The summed E-state index contributed by atoms with van der Waals surface area (Å²) < 4.78 is 0. The minimum absolute atomic E-state index is 0.384. The van der Waals surface area contributed by atoms with Gasteiger partial charge in [-0.3, -0.25) is 9.69 Å². The summed E-state index contributed by atoms with van der Waals surface area (Å²) in [5, 5.41) is 12.3. The van der Waals surface area contributed by atoms with E-state index >= 15 is 0 Å². The maximum Gasteiger partial charge on any atom is 0.323 e. The van der Waals surface area contributed by atoms with Crippen molar-refractivity contribution in [2.45, 2.75) is 19.8 Å². The fourth-order valence-corrected chi connectivity index (χ4v) is 2.34. The van der Waals surface area contributed by atoms with Crippen LogP contribution in [0, 0.1) is 11.8 Å². The fraction of sp³-hybridized carbons (Fsp3) is 0.467. The van der Waals surface area contributed by atoms with E-state index in [-0.39, 0.29) is 6.54 Å². The summed E-state index contributed by atoms with van der Waals surface area (Å²) >= 11 is 5.81. The second-order valence-corrected chi connectivity index (χ2v) is 5.89. The molecule has 1 unspecified atom stereocenters. The van der Waals surface area contributed by atoms with Gasteiger partial charge in [-0.1, -0.05) is 18.5 Å². The van der Waals surface area contributed by atoms with E-state index in [9.17, 15) is 9.59 Å². The van der Waals surface area contributed by atoms with Crippen LogP contribution in [-0.2, 0) is 4.79 Å². The lowest BCUT2D eigenvalue weighted by atomic mass is 10.1. The number of urea groups is 1. The molecule has 1 atom stereocenters. The van der Waals surface area contributed by atoms with Gasteiger partial charge < -0.3 is 10.4 Å². The Morgan fingerprint density at radius 3 is 2.52 bits per heavy atom. The Labute approximate surface area is 128 Å². The minimum Gasteiger partial charge on any atom is -0.480 e. The molecule has 1 saturated carbocycles. The second kappa shape index (κ2) is 6.80. The number of aliphatic carboxylic acids is 1. The van der Waals surface area contributed by atoms with Gasteiger partial charge in [0.15, 0.2) is 0 Å². The molecule has 1 aliphatic carbocycles. The first-order chi connectivity index (χ1) is 9.97. The second-order valence-electron chi connectivity index (χ2n) is 5.46. The third kappa shape index (κ3) is 4.63. The van der Waals surface area contributed by atoms with E-state index in [1.807, 2.05) is 0 Å². The fourth-order valence-electron chi connectivity index (χ4n) is 2.21. The molecule has 0 aromatic heterocycles. The van der Waals surface area contributed by atoms with Crippen molar-refractivity contribution in [3.05, 3.63) is 29.3 Å². The smallest absolute Gasteiger partial charge is 0.323 e. The van der Waals surface area contributed by atoms with Crippen LogP contribution in [0.15, 0.2) is 24.3 Å². The molecule has 6 heteroatoms. The number of carboxylic acid groups (broad SMARTS) is 1. The monoisotopic (exact) mass is 310 g/mol. The Morgan fingerprint density at radius 1 is 1.38 bits per heavy atom. The highest BCUT2D eigenvalue weighted by molar-refractivity contribution is 6.30. The molecule has 0 saturated heterocycles. The molecular formula is C15H19ClN2O3. The topological polar surface area (TPSA) is 69.6 Å². The van der Waals surface area contributed by atoms with Crippen LogP contribution >= 0.6 is 11.6 Å². The van der Waals surface area contributed by atoms with Crippen LogP contribution in [0.1, 0.15) is 19.8 Å². The number of anilines is 1. The van der Waals surface area contributed by atoms with Crippen LogP contribution in [-0.4, -0.2) is 30.2 Å². The highest BCUT2D eigenvalue weighted by Gasteiger charge is 2.28. The van der Waals surface area contributed by atoms with Crippen LogP contribution in [0.2, 0.25) is 5.02 Å². The van der Waals surface area contributed by atoms with Gasteiger partial charge >= 0.3 is 12.0 Å². The average Bonchev–Trinajstić information content (AvgIpc) is 3.27. The number of amides is 2. The zero-order valence-electron chi connectivity index (χ0n) is 11.9. The van der Waals surface area contributed by atoms with E-state index in [0.29, 0.717) is 29.1 Å². The van der Waals surface area contributed by atoms with Crippen molar-refractivity contribution in [2.24, 2.45) is 11.8 Å². The van der Waals surface area contributed by atoms with E-state index in [1.165, 1.54) is 17.7 Å². The molecule has 0 heterocycles. The Kier molecular flexibility index (Phi) is 5.07. The molecule has 0 radical (unpaired) electrons. The van der Waals surface area contributed by atoms with E-state index in [4.69, 9.17) is 16.7 Å². The van der Waals surface area contributed by atoms with Crippen LogP contribution < -0.4 is 10.2 Å². The van der Waals surface area contributed by atoms with Crippen molar-refractivity contribution < 1.29 is 14.7 Å². The zero-order valence-corrected chi connectivity index (χ0v) is 12.6. The molecule has 2 N–H and O–H groups in total. The van der Waals surface area contributed by atoms with Gasteiger partial charge in [0.2, 0.25) is 0 Å². The van der Waals surface area contributed by atoms with E-state index in [2.05, 4.69) is 12.2 Å². The van der Waals surface area contributed by atoms with Crippen molar-refractivity contribution in [1.82, 2.24) is 5.32 Å². The molecule has 0 aliphatic heterocycles. The predicted molar refractivity (Wildman–Crippen MR) is 81.7 cm³/mol. The first kappa shape index (κ1) is 15.6. The van der Waals surface area contributed by atoms with Crippen LogP contribution in [0.5, 0.6) is 0 Å². The van der Waals surface area contributed by atoms with Crippen LogP contribution in [0.25, 0.3) is 0 Å². The van der Waals surface area contributed by atoms with Gasteiger partial charge in [-0.2, -0.15) is 0 Å². The SMILES string of the molecule is CC(CNC(=O)N(CC(=O)O)c1ccc(Cl)cc1)C1CC1. The molecule has 1 aliphatic rings. The normalized spacial score (nSPS) is 15.3. The minimum atomic E-state index is -1.06. The number of nitrogens with zero attached hydrogens (tertiary/aromatic N) is 1. The summed E-state index contributed by atoms with van der Waals surface area (Å²) in [6.07, 6.45) is 2.43. The Hall–Kier alpha value is -1.75. The van der Waals surface area contributed by atoms with Crippen molar-refractivity contribution in [3.63, 3.8) is 0 Å². The zero-order chi connectivity index (χ0) is 15.4. The van der Waals surface area contributed by atoms with Gasteiger partial charge in [-0.05, 0) is 48.9 Å².